The van der Waals surface area contributed by atoms with Crippen molar-refractivity contribution in [2.24, 2.45) is 0 Å². The van der Waals surface area contributed by atoms with Crippen LogP contribution in [0.1, 0.15) is 55.7 Å². The highest BCUT2D eigenvalue weighted by atomic mass is 16.4. The quantitative estimate of drug-likeness (QED) is 0.850. The van der Waals surface area contributed by atoms with Crippen LogP contribution in [-0.2, 0) is 19.4 Å². The van der Waals surface area contributed by atoms with E-state index in [4.69, 9.17) is 4.42 Å². The van der Waals surface area contributed by atoms with E-state index in [9.17, 15) is 9.90 Å². The average Bonchev–Trinajstić information content (AvgIpc) is 3.09. The van der Waals surface area contributed by atoms with E-state index >= 15 is 0 Å². The van der Waals surface area contributed by atoms with Gasteiger partial charge in [-0.3, -0.25) is 0 Å². The van der Waals surface area contributed by atoms with E-state index in [0.717, 1.165) is 60.8 Å². The molecule has 4 nitrogen and oxygen atoms in total. The molecular weight excluding hydrogens is 302 g/mol. The highest BCUT2D eigenvalue weighted by molar-refractivity contribution is 5.86. The number of hydrogen-bond donors (Lipinski definition) is 2. The molecule has 2 N–H and O–H groups in total. The number of phenolic OH excluding ortho intramolecular Hbond substituents is 1. The molecule has 0 amide bonds. The molecule has 4 rings (SSSR count). The van der Waals surface area contributed by atoms with Gasteiger partial charge in [-0.1, -0.05) is 6.92 Å². The number of benzene rings is 1. The van der Waals surface area contributed by atoms with E-state index in [2.05, 4.69) is 6.92 Å². The molecule has 1 unspecified atom stereocenters. The van der Waals surface area contributed by atoms with Crippen molar-refractivity contribution in [3.05, 3.63) is 39.2 Å². The van der Waals surface area contributed by atoms with Gasteiger partial charge in [-0.25, -0.2) is 4.79 Å². The molecule has 24 heavy (non-hydrogen) atoms. The summed E-state index contributed by atoms with van der Waals surface area (Å²) in [7, 11) is 0. The normalized spacial score (nSPS) is 23.5. The summed E-state index contributed by atoms with van der Waals surface area (Å²) in [5.41, 5.74) is 3.21. The van der Waals surface area contributed by atoms with Crippen LogP contribution in [-0.4, -0.2) is 17.7 Å². The molecule has 1 aliphatic heterocycles. The van der Waals surface area contributed by atoms with Crippen molar-refractivity contribution >= 4 is 11.0 Å². The Morgan fingerprint density at radius 1 is 1.21 bits per heavy atom. The second-order valence-corrected chi connectivity index (χ2v) is 7.33. The third-order valence-corrected chi connectivity index (χ3v) is 5.99. The fraction of sp³-hybridized carbons (Fsp3) is 0.550. The van der Waals surface area contributed by atoms with E-state index < -0.39 is 0 Å². The molecule has 1 aromatic heterocycles. The first-order chi connectivity index (χ1) is 11.7. The zero-order chi connectivity index (χ0) is 16.7. The van der Waals surface area contributed by atoms with Crippen LogP contribution in [0.5, 0.6) is 5.75 Å². The Balaban J connectivity index is 1.81. The predicted molar refractivity (Wildman–Crippen MR) is 93.6 cm³/mol. The maximum atomic E-state index is 12.3. The fourth-order valence-corrected chi connectivity index (χ4v) is 4.67. The largest absolute Gasteiger partial charge is 0.507 e. The molecule has 1 aliphatic carbocycles. The molecule has 4 heteroatoms. The van der Waals surface area contributed by atoms with Gasteiger partial charge < -0.3 is 14.4 Å². The minimum absolute atomic E-state index is 0.206. The number of quaternary nitrogens is 1. The Hall–Kier alpha value is -1.81. The Labute approximate surface area is 142 Å². The lowest BCUT2D eigenvalue weighted by Gasteiger charge is -2.32. The van der Waals surface area contributed by atoms with Crippen LogP contribution < -0.4 is 10.5 Å². The molecule has 2 aromatic rings. The lowest BCUT2D eigenvalue weighted by Crippen LogP contribution is -3.15. The SMILES string of the molecule is CC[C@@H]1CCCC[NH+]1Cc1c(O)ccc2c3c(c(=O)oc12)CCC3. The number of fused-ring (bicyclic) bond motifs is 3. The van der Waals surface area contributed by atoms with Crippen LogP contribution in [0, 0.1) is 0 Å². The second kappa shape index (κ2) is 6.25. The molecule has 2 aliphatic rings. The zero-order valence-corrected chi connectivity index (χ0v) is 14.4. The summed E-state index contributed by atoms with van der Waals surface area (Å²) in [6.07, 6.45) is 7.71. The van der Waals surface area contributed by atoms with Gasteiger partial charge in [0.25, 0.3) is 0 Å². The van der Waals surface area contributed by atoms with Crippen LogP contribution in [0.4, 0.5) is 0 Å². The molecule has 1 fully saturated rings. The number of aromatic hydroxyl groups is 1. The van der Waals surface area contributed by atoms with Crippen molar-refractivity contribution in [3.8, 4) is 5.75 Å². The lowest BCUT2D eigenvalue weighted by molar-refractivity contribution is -0.944. The van der Waals surface area contributed by atoms with Gasteiger partial charge in [0, 0.05) is 10.9 Å². The first-order valence-electron chi connectivity index (χ1n) is 9.33. The van der Waals surface area contributed by atoms with Gasteiger partial charge in [-0.2, -0.15) is 0 Å². The van der Waals surface area contributed by atoms with Gasteiger partial charge in [0.05, 0.1) is 18.2 Å². The van der Waals surface area contributed by atoms with Crippen molar-refractivity contribution < 1.29 is 14.4 Å². The molecule has 0 bridgehead atoms. The molecular formula is C20H26NO3+. The molecule has 1 saturated heterocycles. The zero-order valence-electron chi connectivity index (χ0n) is 14.4. The van der Waals surface area contributed by atoms with Crippen LogP contribution >= 0.6 is 0 Å². The van der Waals surface area contributed by atoms with E-state index in [0.29, 0.717) is 11.6 Å². The van der Waals surface area contributed by atoms with Gasteiger partial charge in [-0.05, 0) is 62.6 Å². The summed E-state index contributed by atoms with van der Waals surface area (Å²) < 4.78 is 5.70. The number of aryl methyl sites for hydroxylation is 1. The van der Waals surface area contributed by atoms with Crippen LogP contribution in [0.25, 0.3) is 11.0 Å². The maximum Gasteiger partial charge on any atom is 0.339 e. The Morgan fingerprint density at radius 3 is 2.88 bits per heavy atom. The molecule has 1 aromatic carbocycles. The molecule has 0 radical (unpaired) electrons. The standard InChI is InChI=1S/C20H25NO3/c1-2-13-6-3-4-11-21(13)12-17-18(22)10-9-15-14-7-5-8-16(14)20(23)24-19(15)17/h9-10,13,22H,2-8,11-12H2,1H3/p+1/t13-/m1/s1. The highest BCUT2D eigenvalue weighted by Gasteiger charge is 2.28. The van der Waals surface area contributed by atoms with E-state index in [-0.39, 0.29) is 11.4 Å². The van der Waals surface area contributed by atoms with Crippen molar-refractivity contribution in [1.82, 2.24) is 0 Å². The van der Waals surface area contributed by atoms with Crippen LogP contribution in [0.15, 0.2) is 21.3 Å². The third kappa shape index (κ3) is 2.53. The average molecular weight is 328 g/mol. The van der Waals surface area contributed by atoms with Crippen molar-refractivity contribution in [2.75, 3.05) is 6.54 Å². The van der Waals surface area contributed by atoms with Gasteiger partial charge in [0.1, 0.15) is 12.3 Å². The smallest absolute Gasteiger partial charge is 0.339 e. The van der Waals surface area contributed by atoms with Gasteiger partial charge >= 0.3 is 5.63 Å². The van der Waals surface area contributed by atoms with Crippen LogP contribution in [0.2, 0.25) is 0 Å². The minimum Gasteiger partial charge on any atom is -0.507 e. The van der Waals surface area contributed by atoms with Crippen LogP contribution in [0.3, 0.4) is 0 Å². The molecule has 2 atom stereocenters. The number of nitrogens with one attached hydrogen (secondary N) is 1. The summed E-state index contributed by atoms with van der Waals surface area (Å²) in [4.78, 5) is 13.9. The van der Waals surface area contributed by atoms with Gasteiger partial charge in [0.2, 0.25) is 0 Å². The maximum absolute atomic E-state index is 12.3. The molecule has 0 spiro atoms. The number of piperidine rings is 1. The van der Waals surface area contributed by atoms with E-state index in [1.807, 2.05) is 6.07 Å². The number of rotatable bonds is 3. The predicted octanol–water partition coefficient (Wildman–Crippen LogP) is 2.33. The number of likely N-dealkylation sites (tertiary alicyclic amines) is 1. The molecule has 2 heterocycles. The number of phenols is 1. The van der Waals surface area contributed by atoms with Crippen molar-refractivity contribution in [1.29, 1.82) is 0 Å². The third-order valence-electron chi connectivity index (χ3n) is 5.99. The Kier molecular flexibility index (Phi) is 4.09. The second-order valence-electron chi connectivity index (χ2n) is 7.33. The topological polar surface area (TPSA) is 54.9 Å². The summed E-state index contributed by atoms with van der Waals surface area (Å²) in [6, 6.07) is 4.33. The fourth-order valence-electron chi connectivity index (χ4n) is 4.67. The Bertz CT molecular complexity index is 824. The monoisotopic (exact) mass is 328 g/mol. The first kappa shape index (κ1) is 15.7. The lowest BCUT2D eigenvalue weighted by atomic mass is 9.97. The van der Waals surface area contributed by atoms with Crippen molar-refractivity contribution in [3.63, 3.8) is 0 Å². The van der Waals surface area contributed by atoms with E-state index in [1.165, 1.54) is 24.2 Å². The minimum atomic E-state index is -0.206. The van der Waals surface area contributed by atoms with Gasteiger partial charge in [-0.15, -0.1) is 0 Å². The molecule has 0 saturated carbocycles. The summed E-state index contributed by atoms with van der Waals surface area (Å²) in [5.74, 6) is 0.261. The summed E-state index contributed by atoms with van der Waals surface area (Å²) in [5, 5.41) is 11.5. The Morgan fingerprint density at radius 2 is 2.04 bits per heavy atom. The van der Waals surface area contributed by atoms with Crippen molar-refractivity contribution in [2.45, 2.75) is 64.5 Å². The first-order valence-corrected chi connectivity index (χ1v) is 9.33. The highest BCUT2D eigenvalue weighted by Crippen LogP contribution is 2.32. The molecule has 128 valence electrons. The summed E-state index contributed by atoms with van der Waals surface area (Å²) in [6.45, 7) is 4.11. The van der Waals surface area contributed by atoms with E-state index in [1.54, 1.807) is 6.07 Å². The number of hydrogen-bond acceptors (Lipinski definition) is 3. The van der Waals surface area contributed by atoms with Gasteiger partial charge in [0.15, 0.2) is 5.58 Å². The summed E-state index contributed by atoms with van der Waals surface area (Å²) >= 11 is 0.